The molecule has 2 heterocycles. The Morgan fingerprint density at radius 3 is 3.00 bits per heavy atom. The van der Waals surface area contributed by atoms with E-state index < -0.39 is 0 Å². The Bertz CT molecular complexity index is 470. The number of hydrogen-bond donors (Lipinski definition) is 1. The number of hydrogen-bond acceptors (Lipinski definition) is 3. The Kier molecular flexibility index (Phi) is 5.35. The molecular weight excluding hydrogens is 308 g/mol. The quantitative estimate of drug-likeness (QED) is 0.861. The number of nitrogens with one attached hydrogen (secondary N) is 1. The highest BCUT2D eigenvalue weighted by atomic mass is 79.9. The highest BCUT2D eigenvalue weighted by molar-refractivity contribution is 9.10. The van der Waals surface area contributed by atoms with Gasteiger partial charge in [0, 0.05) is 22.9 Å². The van der Waals surface area contributed by atoms with Crippen molar-refractivity contribution in [2.24, 2.45) is 0 Å². The van der Waals surface area contributed by atoms with Crippen LogP contribution in [0.5, 0.6) is 0 Å². The van der Waals surface area contributed by atoms with Crippen molar-refractivity contribution in [2.45, 2.75) is 25.8 Å². The van der Waals surface area contributed by atoms with Gasteiger partial charge in [-0.1, -0.05) is 6.92 Å². The van der Waals surface area contributed by atoms with Crippen molar-refractivity contribution in [3.63, 3.8) is 0 Å². The summed E-state index contributed by atoms with van der Waals surface area (Å²) in [4.78, 5) is 4.23. The summed E-state index contributed by atoms with van der Waals surface area (Å²) in [5, 5.41) is 7.96. The molecule has 0 aromatic carbocycles. The lowest BCUT2D eigenvalue weighted by molar-refractivity contribution is 0.530. The molecule has 0 aliphatic rings. The van der Waals surface area contributed by atoms with Crippen molar-refractivity contribution in [1.82, 2.24) is 10.3 Å². The molecule has 0 aliphatic heterocycles. The number of halogens is 1. The second-order valence-electron chi connectivity index (χ2n) is 4.28. The van der Waals surface area contributed by atoms with E-state index >= 15 is 0 Å². The summed E-state index contributed by atoms with van der Waals surface area (Å²) in [6.07, 6.45) is 5.89. The van der Waals surface area contributed by atoms with Gasteiger partial charge in [0.25, 0.3) is 0 Å². The van der Waals surface area contributed by atoms with E-state index in [1.165, 1.54) is 11.1 Å². The number of thiophene rings is 1. The van der Waals surface area contributed by atoms with Crippen molar-refractivity contribution < 1.29 is 0 Å². The fourth-order valence-corrected chi connectivity index (χ4v) is 3.03. The van der Waals surface area contributed by atoms with Gasteiger partial charge in [0.2, 0.25) is 0 Å². The third kappa shape index (κ3) is 3.90. The molecule has 0 saturated carbocycles. The van der Waals surface area contributed by atoms with E-state index in [4.69, 9.17) is 0 Å². The van der Waals surface area contributed by atoms with Gasteiger partial charge in [0.05, 0.1) is 0 Å². The fourth-order valence-electron chi connectivity index (χ4n) is 1.90. The molecule has 0 fully saturated rings. The average molecular weight is 325 g/mol. The van der Waals surface area contributed by atoms with E-state index in [2.05, 4.69) is 56.0 Å². The van der Waals surface area contributed by atoms with Crippen LogP contribution in [-0.2, 0) is 6.42 Å². The van der Waals surface area contributed by atoms with Crippen LogP contribution in [-0.4, -0.2) is 11.5 Å². The van der Waals surface area contributed by atoms with Gasteiger partial charge in [-0.3, -0.25) is 4.98 Å². The molecule has 0 aliphatic carbocycles. The molecule has 1 unspecified atom stereocenters. The Balaban J connectivity index is 2.10. The van der Waals surface area contributed by atoms with Crippen LogP contribution in [0.4, 0.5) is 0 Å². The van der Waals surface area contributed by atoms with E-state index in [-0.39, 0.29) is 0 Å². The first-order chi connectivity index (χ1) is 8.79. The Labute approximate surface area is 121 Å². The zero-order valence-electron chi connectivity index (χ0n) is 10.4. The molecule has 18 heavy (non-hydrogen) atoms. The minimum atomic E-state index is 0.382. The van der Waals surface area contributed by atoms with E-state index in [1.807, 2.05) is 12.4 Å². The largest absolute Gasteiger partial charge is 0.310 e. The number of aromatic nitrogens is 1. The summed E-state index contributed by atoms with van der Waals surface area (Å²) in [6, 6.07) is 4.72. The van der Waals surface area contributed by atoms with Crippen LogP contribution in [0.25, 0.3) is 0 Å². The topological polar surface area (TPSA) is 24.9 Å². The molecule has 1 N–H and O–H groups in total. The van der Waals surface area contributed by atoms with Crippen molar-refractivity contribution >= 4 is 27.3 Å². The molecule has 2 aromatic rings. The Morgan fingerprint density at radius 2 is 2.33 bits per heavy atom. The molecule has 4 heteroatoms. The third-order valence-electron chi connectivity index (χ3n) is 2.79. The number of nitrogens with zero attached hydrogens (tertiary/aromatic N) is 1. The monoisotopic (exact) mass is 324 g/mol. The highest BCUT2D eigenvalue weighted by Crippen LogP contribution is 2.22. The average Bonchev–Trinajstić information content (AvgIpc) is 2.88. The maximum atomic E-state index is 4.23. The predicted molar refractivity (Wildman–Crippen MR) is 81.0 cm³/mol. The fraction of sp³-hybridized carbons (Fsp3) is 0.357. The second kappa shape index (κ2) is 7.02. The molecule has 96 valence electrons. The molecule has 2 rings (SSSR count). The van der Waals surface area contributed by atoms with Gasteiger partial charge in [-0.05, 0) is 69.3 Å². The first-order valence-corrected chi connectivity index (χ1v) is 7.88. The Morgan fingerprint density at radius 1 is 1.44 bits per heavy atom. The van der Waals surface area contributed by atoms with Crippen LogP contribution in [0.2, 0.25) is 0 Å². The molecule has 2 aromatic heterocycles. The smallest absolute Gasteiger partial charge is 0.0410 e. The first-order valence-electron chi connectivity index (χ1n) is 6.14. The molecule has 0 spiro atoms. The summed E-state index contributed by atoms with van der Waals surface area (Å²) < 4.78 is 1.04. The minimum Gasteiger partial charge on any atom is -0.310 e. The standard InChI is InChI=1S/C14H17BrN2S/c1-2-4-17-14(12-3-5-18-10-12)7-11-6-13(15)9-16-8-11/h3,5-6,8-10,14,17H,2,4,7H2,1H3. The van der Waals surface area contributed by atoms with Gasteiger partial charge in [-0.15, -0.1) is 0 Å². The summed E-state index contributed by atoms with van der Waals surface area (Å²) >= 11 is 5.22. The van der Waals surface area contributed by atoms with E-state index in [9.17, 15) is 0 Å². The van der Waals surface area contributed by atoms with Gasteiger partial charge in [0.1, 0.15) is 0 Å². The van der Waals surface area contributed by atoms with Crippen LogP contribution < -0.4 is 5.32 Å². The van der Waals surface area contributed by atoms with Gasteiger partial charge in [0.15, 0.2) is 0 Å². The normalized spacial score (nSPS) is 12.6. The molecule has 0 bridgehead atoms. The Hall–Kier alpha value is -0.710. The molecule has 0 saturated heterocycles. The van der Waals surface area contributed by atoms with Crippen molar-refractivity contribution in [3.05, 3.63) is 50.9 Å². The zero-order valence-corrected chi connectivity index (χ0v) is 12.8. The first kappa shape index (κ1) is 13.7. The summed E-state index contributed by atoms with van der Waals surface area (Å²) in [5.41, 5.74) is 2.62. The lowest BCUT2D eigenvalue weighted by Crippen LogP contribution is -2.23. The third-order valence-corrected chi connectivity index (χ3v) is 3.92. The molecule has 2 nitrogen and oxygen atoms in total. The molecule has 0 radical (unpaired) electrons. The number of pyridine rings is 1. The maximum Gasteiger partial charge on any atom is 0.0410 e. The second-order valence-corrected chi connectivity index (χ2v) is 5.97. The number of rotatable bonds is 6. The van der Waals surface area contributed by atoms with Crippen LogP contribution in [0.3, 0.4) is 0 Å². The maximum absolute atomic E-state index is 4.23. The lowest BCUT2D eigenvalue weighted by Gasteiger charge is -2.17. The summed E-state index contributed by atoms with van der Waals surface area (Å²) in [5.74, 6) is 0. The van der Waals surface area contributed by atoms with Gasteiger partial charge >= 0.3 is 0 Å². The molecule has 0 amide bonds. The van der Waals surface area contributed by atoms with Crippen LogP contribution in [0.15, 0.2) is 39.8 Å². The lowest BCUT2D eigenvalue weighted by atomic mass is 10.0. The van der Waals surface area contributed by atoms with Gasteiger partial charge in [-0.25, -0.2) is 0 Å². The molecular formula is C14H17BrN2S. The van der Waals surface area contributed by atoms with Crippen molar-refractivity contribution in [1.29, 1.82) is 0 Å². The van der Waals surface area contributed by atoms with E-state index in [1.54, 1.807) is 11.3 Å². The van der Waals surface area contributed by atoms with Crippen LogP contribution in [0.1, 0.15) is 30.5 Å². The summed E-state index contributed by atoms with van der Waals surface area (Å²) in [7, 11) is 0. The van der Waals surface area contributed by atoms with E-state index in [0.29, 0.717) is 6.04 Å². The van der Waals surface area contributed by atoms with Gasteiger partial charge in [-0.2, -0.15) is 11.3 Å². The van der Waals surface area contributed by atoms with Crippen molar-refractivity contribution in [3.8, 4) is 0 Å². The predicted octanol–water partition coefficient (Wildman–Crippen LogP) is 4.19. The van der Waals surface area contributed by atoms with Crippen LogP contribution >= 0.6 is 27.3 Å². The van der Waals surface area contributed by atoms with Crippen molar-refractivity contribution in [2.75, 3.05) is 6.54 Å². The SMILES string of the molecule is CCCNC(Cc1cncc(Br)c1)c1ccsc1. The van der Waals surface area contributed by atoms with Gasteiger partial charge < -0.3 is 5.32 Å². The summed E-state index contributed by atoms with van der Waals surface area (Å²) in [6.45, 7) is 3.24. The minimum absolute atomic E-state index is 0.382. The highest BCUT2D eigenvalue weighted by Gasteiger charge is 2.12. The molecule has 1 atom stereocenters. The zero-order chi connectivity index (χ0) is 12.8. The van der Waals surface area contributed by atoms with Crippen LogP contribution in [0, 0.1) is 0 Å². The van der Waals surface area contributed by atoms with E-state index in [0.717, 1.165) is 23.9 Å².